The van der Waals surface area contributed by atoms with Crippen molar-refractivity contribution >= 4 is 10.9 Å². The summed E-state index contributed by atoms with van der Waals surface area (Å²) >= 11 is 0. The molecule has 2 nitrogen and oxygen atoms in total. The summed E-state index contributed by atoms with van der Waals surface area (Å²) < 4.78 is 0. The maximum absolute atomic E-state index is 3.56. The van der Waals surface area contributed by atoms with E-state index >= 15 is 0 Å². The van der Waals surface area contributed by atoms with Gasteiger partial charge in [0.25, 0.3) is 0 Å². The van der Waals surface area contributed by atoms with Gasteiger partial charge in [-0.1, -0.05) is 37.5 Å². The molecule has 1 fully saturated rings. The number of hydrogen-bond acceptors (Lipinski definition) is 1. The number of aromatic amines is 1. The predicted octanol–water partition coefficient (Wildman–Crippen LogP) is 3.45. The molecule has 1 heterocycles. The third kappa shape index (κ3) is 2.37. The second-order valence-corrected chi connectivity index (χ2v) is 5.12. The molecule has 1 saturated carbocycles. The fourth-order valence-corrected chi connectivity index (χ4v) is 2.59. The van der Waals surface area contributed by atoms with Gasteiger partial charge in [-0.25, -0.2) is 0 Å². The quantitative estimate of drug-likeness (QED) is 0.754. The van der Waals surface area contributed by atoms with Crippen LogP contribution in [0.1, 0.15) is 31.2 Å². The average molecular weight is 228 g/mol. The van der Waals surface area contributed by atoms with Gasteiger partial charge in [-0.3, -0.25) is 0 Å². The Bertz CT molecular complexity index is 482. The van der Waals surface area contributed by atoms with Gasteiger partial charge in [0.15, 0.2) is 0 Å². The minimum atomic E-state index is 0.983. The topological polar surface area (TPSA) is 27.8 Å². The van der Waals surface area contributed by atoms with E-state index in [-0.39, 0.29) is 0 Å². The van der Waals surface area contributed by atoms with E-state index in [1.807, 2.05) is 0 Å². The Kier molecular flexibility index (Phi) is 3.14. The van der Waals surface area contributed by atoms with Gasteiger partial charge in [-0.2, -0.15) is 0 Å². The van der Waals surface area contributed by atoms with Crippen molar-refractivity contribution in [1.82, 2.24) is 10.3 Å². The first-order valence-corrected chi connectivity index (χ1v) is 6.69. The summed E-state index contributed by atoms with van der Waals surface area (Å²) in [6.45, 7) is 2.14. The van der Waals surface area contributed by atoms with Gasteiger partial charge < -0.3 is 10.3 Å². The zero-order valence-electron chi connectivity index (χ0n) is 10.2. The van der Waals surface area contributed by atoms with Crippen LogP contribution in [0.2, 0.25) is 0 Å². The van der Waals surface area contributed by atoms with Crippen molar-refractivity contribution in [1.29, 1.82) is 0 Å². The van der Waals surface area contributed by atoms with Crippen molar-refractivity contribution in [2.24, 2.45) is 5.92 Å². The third-order valence-corrected chi connectivity index (χ3v) is 3.94. The smallest absolute Gasteiger partial charge is 0.0457 e. The second kappa shape index (κ2) is 4.92. The first kappa shape index (κ1) is 10.8. The summed E-state index contributed by atoms with van der Waals surface area (Å²) in [5.74, 6) is 1.01. The van der Waals surface area contributed by atoms with Crippen LogP contribution in [-0.4, -0.2) is 11.5 Å². The van der Waals surface area contributed by atoms with E-state index in [0.29, 0.717) is 0 Å². The van der Waals surface area contributed by atoms with Crippen molar-refractivity contribution in [3.05, 3.63) is 36.0 Å². The molecule has 90 valence electrons. The minimum absolute atomic E-state index is 0.983. The molecule has 1 aromatic carbocycles. The van der Waals surface area contributed by atoms with Gasteiger partial charge >= 0.3 is 0 Å². The number of rotatable bonds is 5. The molecular weight excluding hydrogens is 208 g/mol. The minimum Gasteiger partial charge on any atom is -0.361 e. The molecule has 0 unspecified atom stereocenters. The van der Waals surface area contributed by atoms with Crippen molar-refractivity contribution in [3.63, 3.8) is 0 Å². The van der Waals surface area contributed by atoms with Crippen molar-refractivity contribution in [2.45, 2.75) is 32.2 Å². The Balaban J connectivity index is 1.53. The lowest BCUT2D eigenvalue weighted by atomic mass is 9.83. The standard InChI is InChI=1S/C15H20N2/c1-2-7-15-14(6-1)13(11-17-15)10-16-9-8-12-4-3-5-12/h1-2,6-7,11-12,16-17H,3-5,8-10H2. The van der Waals surface area contributed by atoms with Crippen molar-refractivity contribution < 1.29 is 0 Å². The molecule has 3 rings (SSSR count). The van der Waals surface area contributed by atoms with E-state index in [4.69, 9.17) is 0 Å². The van der Waals surface area contributed by atoms with E-state index in [1.54, 1.807) is 0 Å². The second-order valence-electron chi connectivity index (χ2n) is 5.12. The Hall–Kier alpha value is -1.28. The van der Waals surface area contributed by atoms with E-state index in [1.165, 1.54) is 42.1 Å². The van der Waals surface area contributed by atoms with Crippen molar-refractivity contribution in [2.75, 3.05) is 6.54 Å². The normalized spacial score (nSPS) is 16.2. The van der Waals surface area contributed by atoms with Crippen LogP contribution in [0.4, 0.5) is 0 Å². The van der Waals surface area contributed by atoms with Gasteiger partial charge in [0.05, 0.1) is 0 Å². The summed E-state index contributed by atoms with van der Waals surface area (Å²) in [6.07, 6.45) is 7.83. The van der Waals surface area contributed by atoms with E-state index in [0.717, 1.165) is 19.0 Å². The van der Waals surface area contributed by atoms with Crippen molar-refractivity contribution in [3.8, 4) is 0 Å². The number of aromatic nitrogens is 1. The van der Waals surface area contributed by atoms with Crippen LogP contribution in [0.3, 0.4) is 0 Å². The molecular formula is C15H20N2. The Morgan fingerprint density at radius 2 is 2.12 bits per heavy atom. The highest BCUT2D eigenvalue weighted by Crippen LogP contribution is 2.28. The van der Waals surface area contributed by atoms with Crippen LogP contribution >= 0.6 is 0 Å². The number of para-hydroxylation sites is 1. The lowest BCUT2D eigenvalue weighted by Crippen LogP contribution is -2.20. The van der Waals surface area contributed by atoms with E-state index < -0.39 is 0 Å². The van der Waals surface area contributed by atoms with Crippen LogP contribution < -0.4 is 5.32 Å². The molecule has 2 N–H and O–H groups in total. The summed E-state index contributed by atoms with van der Waals surface area (Å²) in [5, 5.41) is 4.91. The van der Waals surface area contributed by atoms with Crippen LogP contribution in [-0.2, 0) is 6.54 Å². The fraction of sp³-hybridized carbons (Fsp3) is 0.467. The number of benzene rings is 1. The maximum Gasteiger partial charge on any atom is 0.0457 e. The van der Waals surface area contributed by atoms with Gasteiger partial charge in [0, 0.05) is 23.6 Å². The van der Waals surface area contributed by atoms with Crippen LogP contribution in [0.15, 0.2) is 30.5 Å². The Morgan fingerprint density at radius 1 is 1.24 bits per heavy atom. The molecule has 0 saturated heterocycles. The molecule has 1 aromatic heterocycles. The van der Waals surface area contributed by atoms with E-state index in [9.17, 15) is 0 Å². The summed E-state index contributed by atoms with van der Waals surface area (Å²) in [4.78, 5) is 3.32. The molecule has 0 spiro atoms. The highest BCUT2D eigenvalue weighted by molar-refractivity contribution is 5.82. The largest absolute Gasteiger partial charge is 0.361 e. The maximum atomic E-state index is 3.56. The fourth-order valence-electron chi connectivity index (χ4n) is 2.59. The van der Waals surface area contributed by atoms with Gasteiger partial charge in [0.2, 0.25) is 0 Å². The van der Waals surface area contributed by atoms with Gasteiger partial charge in [-0.05, 0) is 30.5 Å². The molecule has 0 aliphatic heterocycles. The zero-order valence-corrected chi connectivity index (χ0v) is 10.2. The molecule has 1 aliphatic carbocycles. The number of hydrogen-bond donors (Lipinski definition) is 2. The average Bonchev–Trinajstić information content (AvgIpc) is 2.70. The molecule has 17 heavy (non-hydrogen) atoms. The first-order chi connectivity index (χ1) is 8.43. The highest BCUT2D eigenvalue weighted by atomic mass is 14.9. The Labute approximate surface area is 102 Å². The summed E-state index contributed by atoms with van der Waals surface area (Å²) in [5.41, 5.74) is 2.62. The summed E-state index contributed by atoms with van der Waals surface area (Å²) in [6, 6.07) is 8.50. The monoisotopic (exact) mass is 228 g/mol. The molecule has 0 amide bonds. The molecule has 0 bridgehead atoms. The zero-order chi connectivity index (χ0) is 11.5. The molecule has 0 radical (unpaired) electrons. The molecule has 0 atom stereocenters. The third-order valence-electron chi connectivity index (χ3n) is 3.94. The van der Waals surface area contributed by atoms with E-state index in [2.05, 4.69) is 40.8 Å². The Morgan fingerprint density at radius 3 is 2.94 bits per heavy atom. The van der Waals surface area contributed by atoms with Gasteiger partial charge in [-0.15, -0.1) is 0 Å². The SMILES string of the molecule is c1ccc2c(CNCCC3CCC3)c[nH]c2c1. The lowest BCUT2D eigenvalue weighted by Gasteiger charge is -2.25. The van der Waals surface area contributed by atoms with Crippen LogP contribution in [0.25, 0.3) is 10.9 Å². The molecule has 2 heteroatoms. The number of nitrogens with one attached hydrogen (secondary N) is 2. The van der Waals surface area contributed by atoms with Gasteiger partial charge in [0.1, 0.15) is 0 Å². The highest BCUT2D eigenvalue weighted by Gasteiger charge is 2.16. The predicted molar refractivity (Wildman–Crippen MR) is 72.0 cm³/mol. The van der Waals surface area contributed by atoms with Crippen LogP contribution in [0, 0.1) is 5.92 Å². The molecule has 1 aliphatic rings. The summed E-state index contributed by atoms with van der Waals surface area (Å²) in [7, 11) is 0. The first-order valence-electron chi connectivity index (χ1n) is 6.69. The number of H-pyrrole nitrogens is 1. The lowest BCUT2D eigenvalue weighted by molar-refractivity contribution is 0.292. The molecule has 2 aromatic rings. The van der Waals surface area contributed by atoms with Crippen LogP contribution in [0.5, 0.6) is 0 Å². The number of fused-ring (bicyclic) bond motifs is 1.